The van der Waals surface area contributed by atoms with Crippen molar-refractivity contribution < 1.29 is 28.8 Å². The van der Waals surface area contributed by atoms with E-state index in [0.717, 1.165) is 0 Å². The monoisotopic (exact) mass is 342 g/mol. The lowest BCUT2D eigenvalue weighted by atomic mass is 10.1. The molecule has 0 fully saturated rings. The molecule has 0 saturated carbocycles. The number of rotatable bonds is 0. The van der Waals surface area contributed by atoms with Crippen molar-refractivity contribution in [3.05, 3.63) is 20.1 Å². The summed E-state index contributed by atoms with van der Waals surface area (Å²) < 4.78 is 8.88. The van der Waals surface area contributed by atoms with Gasteiger partial charge in [-0.05, 0) is 0 Å². The number of carbonyl (C=O) groups excluding carboxylic acids is 2. The second-order valence-corrected chi connectivity index (χ2v) is 4.97. The minimum absolute atomic E-state index is 0.393. The van der Waals surface area contributed by atoms with Crippen LogP contribution in [-0.2, 0) is 14.2 Å². The molecule has 6 nitrogen and oxygen atoms in total. The van der Waals surface area contributed by atoms with Crippen molar-refractivity contribution >= 4 is 65.8 Å². The Kier molecular flexibility index (Phi) is 6.35. The summed E-state index contributed by atoms with van der Waals surface area (Å²) in [5, 5.41) is -1.57. The normalized spacial score (nSPS) is 17.1. The van der Waals surface area contributed by atoms with Gasteiger partial charge in [0.1, 0.15) is 20.1 Å². The van der Waals surface area contributed by atoms with Crippen LogP contribution in [0.25, 0.3) is 0 Å². The molecule has 11 heteroatoms. The molecule has 0 unspecified atom stereocenters. The maximum atomic E-state index is 11.0. The number of hydrogen-bond donors (Lipinski definition) is 3. The van der Waals surface area contributed by atoms with E-state index in [1.807, 2.05) is 0 Å². The van der Waals surface area contributed by atoms with Gasteiger partial charge in [-0.2, -0.15) is 0 Å². The van der Waals surface area contributed by atoms with Crippen molar-refractivity contribution in [2.75, 3.05) is 0 Å². The fourth-order valence-electron chi connectivity index (χ4n) is 0.591. The average molecular weight is 344 g/mol. The highest BCUT2D eigenvalue weighted by Crippen LogP contribution is 2.32. The molecule has 0 saturated heterocycles. The highest BCUT2D eigenvalue weighted by atomic mass is 35.5. The van der Waals surface area contributed by atoms with Crippen LogP contribution in [0.15, 0.2) is 20.1 Å². The molecule has 3 N–H and O–H groups in total. The SMILES string of the molecule is O=C1C(Cl)=C(Cl)C(=O)C(Cl)=C1Cl.O=P(O)(O)O. The Bertz CT molecular complexity index is 405. The van der Waals surface area contributed by atoms with Gasteiger partial charge in [-0.15, -0.1) is 0 Å². The Morgan fingerprint density at radius 3 is 0.941 bits per heavy atom. The summed E-state index contributed by atoms with van der Waals surface area (Å²) in [6.45, 7) is 0. The minimum atomic E-state index is -4.64. The first-order valence-electron chi connectivity index (χ1n) is 3.45. The molecule has 1 aliphatic carbocycles. The Labute approximate surface area is 115 Å². The molecular formula is C6H3Cl4O6P. The smallest absolute Gasteiger partial charge is 0.303 e. The van der Waals surface area contributed by atoms with E-state index in [9.17, 15) is 9.59 Å². The molecule has 0 amide bonds. The minimum Gasteiger partial charge on any atom is -0.303 e. The zero-order valence-electron chi connectivity index (χ0n) is 7.53. The number of carbonyl (C=O) groups is 2. The third kappa shape index (κ3) is 5.50. The molecule has 0 heterocycles. The molecule has 1 rings (SSSR count). The van der Waals surface area contributed by atoms with Gasteiger partial charge in [0, 0.05) is 0 Å². The van der Waals surface area contributed by atoms with E-state index in [1.54, 1.807) is 0 Å². The molecule has 1 aliphatic rings. The third-order valence-corrected chi connectivity index (χ3v) is 2.82. The van der Waals surface area contributed by atoms with Gasteiger partial charge in [-0.1, -0.05) is 46.4 Å². The Balaban J connectivity index is 0.000000437. The Morgan fingerprint density at radius 2 is 0.824 bits per heavy atom. The van der Waals surface area contributed by atoms with Gasteiger partial charge in [0.15, 0.2) is 0 Å². The van der Waals surface area contributed by atoms with Gasteiger partial charge in [0.2, 0.25) is 11.6 Å². The first kappa shape index (κ1) is 17.1. The van der Waals surface area contributed by atoms with Crippen molar-refractivity contribution in [3.8, 4) is 0 Å². The summed E-state index contributed by atoms with van der Waals surface area (Å²) in [7, 11) is -4.64. The van der Waals surface area contributed by atoms with E-state index in [1.165, 1.54) is 0 Å². The van der Waals surface area contributed by atoms with Gasteiger partial charge in [-0.3, -0.25) is 9.59 Å². The lowest BCUT2D eigenvalue weighted by Crippen LogP contribution is -2.14. The summed E-state index contributed by atoms with van der Waals surface area (Å²) in [5.74, 6) is -1.46. The van der Waals surface area contributed by atoms with Crippen molar-refractivity contribution in [1.29, 1.82) is 0 Å². The molecular weight excluding hydrogens is 341 g/mol. The second-order valence-electron chi connectivity index (χ2n) is 2.43. The third-order valence-electron chi connectivity index (χ3n) is 1.18. The molecule has 0 aromatic carbocycles. The topological polar surface area (TPSA) is 112 Å². The van der Waals surface area contributed by atoms with E-state index in [2.05, 4.69) is 0 Å². The molecule has 0 aromatic heterocycles. The maximum Gasteiger partial charge on any atom is 0.466 e. The van der Waals surface area contributed by atoms with Crippen LogP contribution in [0, 0.1) is 0 Å². The van der Waals surface area contributed by atoms with E-state index in [-0.39, 0.29) is 0 Å². The van der Waals surface area contributed by atoms with Crippen LogP contribution in [0.4, 0.5) is 0 Å². The molecule has 17 heavy (non-hydrogen) atoms. The summed E-state index contributed by atoms with van der Waals surface area (Å²) in [5.41, 5.74) is 0. The number of hydrogen-bond acceptors (Lipinski definition) is 3. The Morgan fingerprint density at radius 1 is 0.706 bits per heavy atom. The standard InChI is InChI=1S/C6Cl4O2.H3O4P/c7-1-2(8)6(12)4(10)3(9)5(1)11;1-5(2,3)4/h;(H3,1,2,3,4). The van der Waals surface area contributed by atoms with Crippen LogP contribution in [0.2, 0.25) is 0 Å². The average Bonchev–Trinajstić information content (AvgIpc) is 2.18. The lowest BCUT2D eigenvalue weighted by molar-refractivity contribution is -0.114. The number of halogens is 4. The van der Waals surface area contributed by atoms with Crippen molar-refractivity contribution in [3.63, 3.8) is 0 Å². The lowest BCUT2D eigenvalue weighted by Gasteiger charge is -2.08. The van der Waals surface area contributed by atoms with Crippen LogP contribution in [0.5, 0.6) is 0 Å². The zero-order valence-corrected chi connectivity index (χ0v) is 11.4. The number of allylic oxidation sites excluding steroid dienone is 4. The van der Waals surface area contributed by atoms with Crippen LogP contribution in [0.3, 0.4) is 0 Å². The van der Waals surface area contributed by atoms with Gasteiger partial charge in [0.05, 0.1) is 0 Å². The zero-order chi connectivity index (χ0) is 14.0. The van der Waals surface area contributed by atoms with Gasteiger partial charge in [-0.25, -0.2) is 4.57 Å². The molecule has 0 spiro atoms. The van der Waals surface area contributed by atoms with Crippen LogP contribution in [0.1, 0.15) is 0 Å². The Hall–Kier alpha value is 0.0900. The van der Waals surface area contributed by atoms with E-state index in [0.29, 0.717) is 0 Å². The van der Waals surface area contributed by atoms with Crippen molar-refractivity contribution in [2.24, 2.45) is 0 Å². The first-order chi connectivity index (χ1) is 7.46. The van der Waals surface area contributed by atoms with Gasteiger partial charge < -0.3 is 14.7 Å². The number of phosphoric acid groups is 1. The van der Waals surface area contributed by atoms with Crippen LogP contribution in [-0.4, -0.2) is 26.2 Å². The van der Waals surface area contributed by atoms with E-state index in [4.69, 9.17) is 65.6 Å². The maximum absolute atomic E-state index is 11.0. The van der Waals surface area contributed by atoms with Crippen LogP contribution >= 0.6 is 54.2 Å². The summed E-state index contributed by atoms with van der Waals surface area (Å²) in [4.78, 5) is 43.5. The highest BCUT2D eigenvalue weighted by Gasteiger charge is 2.31. The molecule has 0 radical (unpaired) electrons. The van der Waals surface area contributed by atoms with Crippen LogP contribution < -0.4 is 0 Å². The molecule has 0 bridgehead atoms. The van der Waals surface area contributed by atoms with Gasteiger partial charge in [0.25, 0.3) is 0 Å². The quantitative estimate of drug-likeness (QED) is 0.455. The first-order valence-corrected chi connectivity index (χ1v) is 6.52. The molecule has 0 aliphatic heterocycles. The fraction of sp³-hybridized carbons (Fsp3) is 0. The number of Topliss-reactive ketones (excluding diaryl/α,β-unsaturated/α-hetero) is 2. The molecule has 0 atom stereocenters. The highest BCUT2D eigenvalue weighted by molar-refractivity contribution is 7.45. The van der Waals surface area contributed by atoms with E-state index < -0.39 is 39.5 Å². The number of ketones is 2. The van der Waals surface area contributed by atoms with Crippen molar-refractivity contribution in [1.82, 2.24) is 0 Å². The summed E-state index contributed by atoms with van der Waals surface area (Å²) in [6.07, 6.45) is 0. The molecule has 0 aromatic rings. The predicted molar refractivity (Wildman–Crippen MR) is 61.7 cm³/mol. The second kappa shape index (κ2) is 6.31. The molecule has 96 valence electrons. The van der Waals surface area contributed by atoms with Crippen molar-refractivity contribution in [2.45, 2.75) is 0 Å². The fourth-order valence-corrected chi connectivity index (χ4v) is 1.41. The predicted octanol–water partition coefficient (Wildman–Crippen LogP) is 1.59. The largest absolute Gasteiger partial charge is 0.466 e. The summed E-state index contributed by atoms with van der Waals surface area (Å²) in [6, 6.07) is 0. The van der Waals surface area contributed by atoms with Gasteiger partial charge >= 0.3 is 7.82 Å². The summed E-state index contributed by atoms with van der Waals surface area (Å²) >= 11 is 21.5. The van der Waals surface area contributed by atoms with E-state index >= 15 is 0 Å².